The van der Waals surface area contributed by atoms with Gasteiger partial charge in [-0.1, -0.05) is 5.16 Å². The van der Waals surface area contributed by atoms with Gasteiger partial charge in [0.05, 0.1) is 42.2 Å². The van der Waals surface area contributed by atoms with Crippen molar-refractivity contribution in [3.05, 3.63) is 59.5 Å². The van der Waals surface area contributed by atoms with Crippen LogP contribution < -0.4 is 10.1 Å². The van der Waals surface area contributed by atoms with Crippen LogP contribution in [0.1, 0.15) is 21.6 Å². The number of nitrogens with one attached hydrogen (secondary N) is 1. The Labute approximate surface area is 167 Å². The number of methoxy groups -OCH3 is 1. The van der Waals surface area contributed by atoms with Gasteiger partial charge in [-0.05, 0) is 49.7 Å². The van der Waals surface area contributed by atoms with Crippen LogP contribution in [0.5, 0.6) is 5.75 Å². The lowest BCUT2D eigenvalue weighted by Gasteiger charge is -2.09. The van der Waals surface area contributed by atoms with Crippen molar-refractivity contribution < 1.29 is 14.1 Å². The zero-order chi connectivity index (χ0) is 20.4. The fourth-order valence-corrected chi connectivity index (χ4v) is 3.15. The maximum Gasteiger partial charge on any atom is 0.259 e. The molecule has 4 rings (SSSR count). The van der Waals surface area contributed by atoms with Crippen LogP contribution in [0.15, 0.2) is 47.2 Å². The molecule has 0 unspecified atom stereocenters. The number of benzene rings is 1. The van der Waals surface area contributed by atoms with Gasteiger partial charge in [0.2, 0.25) is 0 Å². The highest BCUT2D eigenvalue weighted by Crippen LogP contribution is 2.28. The maximum atomic E-state index is 12.9. The molecule has 8 heteroatoms. The van der Waals surface area contributed by atoms with Crippen LogP contribution in [0, 0.1) is 13.8 Å². The largest absolute Gasteiger partial charge is 0.497 e. The number of aromatic nitrogens is 4. The van der Waals surface area contributed by atoms with E-state index in [1.165, 1.54) is 0 Å². The molecule has 0 saturated heterocycles. The molecule has 0 aliphatic heterocycles. The summed E-state index contributed by atoms with van der Waals surface area (Å²) in [4.78, 5) is 17.5. The summed E-state index contributed by atoms with van der Waals surface area (Å²) in [5.74, 6) is 0.541. The zero-order valence-electron chi connectivity index (χ0n) is 16.5. The van der Waals surface area contributed by atoms with Crippen molar-refractivity contribution >= 4 is 17.0 Å². The van der Waals surface area contributed by atoms with Crippen LogP contribution in [0.4, 0.5) is 0 Å². The van der Waals surface area contributed by atoms with Crippen LogP contribution >= 0.6 is 0 Å². The van der Waals surface area contributed by atoms with Crippen LogP contribution in [0.3, 0.4) is 0 Å². The third kappa shape index (κ3) is 3.82. The molecule has 0 radical (unpaired) electrons. The van der Waals surface area contributed by atoms with Gasteiger partial charge in [0.1, 0.15) is 5.75 Å². The fraction of sp³-hybridized carbons (Fsp3) is 0.238. The van der Waals surface area contributed by atoms with Gasteiger partial charge in [-0.3, -0.25) is 9.48 Å². The van der Waals surface area contributed by atoms with Crippen molar-refractivity contribution in [2.24, 2.45) is 0 Å². The minimum absolute atomic E-state index is 0.206. The quantitative estimate of drug-likeness (QED) is 0.543. The van der Waals surface area contributed by atoms with Gasteiger partial charge < -0.3 is 14.6 Å². The standard InChI is InChI=1S/C21H21N5O3/c1-13-11-23-26(12-13)9-8-22-20(27)17-10-18(15-4-6-16(28-3)7-5-15)24-21-19(17)14(2)25-29-21/h4-7,10-12H,8-9H2,1-3H3,(H,22,27). The SMILES string of the molecule is COc1ccc(-c2cc(C(=O)NCCn3cc(C)cn3)c3c(C)noc3n2)cc1. The fourth-order valence-electron chi connectivity index (χ4n) is 3.15. The Morgan fingerprint density at radius 3 is 2.72 bits per heavy atom. The van der Waals surface area contributed by atoms with Gasteiger partial charge in [-0.2, -0.15) is 5.10 Å². The summed E-state index contributed by atoms with van der Waals surface area (Å²) >= 11 is 0. The Bertz CT molecular complexity index is 1160. The van der Waals surface area contributed by atoms with E-state index in [-0.39, 0.29) is 5.91 Å². The summed E-state index contributed by atoms with van der Waals surface area (Å²) in [5.41, 5.74) is 4.00. The van der Waals surface area contributed by atoms with E-state index in [0.29, 0.717) is 41.1 Å². The minimum atomic E-state index is -0.206. The van der Waals surface area contributed by atoms with Gasteiger partial charge in [0, 0.05) is 18.3 Å². The van der Waals surface area contributed by atoms with Crippen LogP contribution in [-0.4, -0.2) is 39.5 Å². The van der Waals surface area contributed by atoms with Crippen molar-refractivity contribution in [3.63, 3.8) is 0 Å². The number of carbonyl (C=O) groups is 1. The Balaban J connectivity index is 1.62. The molecule has 0 aliphatic carbocycles. The van der Waals surface area contributed by atoms with E-state index in [9.17, 15) is 4.79 Å². The highest BCUT2D eigenvalue weighted by molar-refractivity contribution is 6.07. The van der Waals surface area contributed by atoms with Crippen molar-refractivity contribution in [3.8, 4) is 17.0 Å². The molecule has 0 aliphatic rings. The number of pyridine rings is 1. The predicted octanol–water partition coefficient (Wildman–Crippen LogP) is 3.14. The van der Waals surface area contributed by atoms with Gasteiger partial charge >= 0.3 is 0 Å². The minimum Gasteiger partial charge on any atom is -0.497 e. The molecule has 3 aromatic heterocycles. The number of hydrogen-bond donors (Lipinski definition) is 1. The first kappa shape index (κ1) is 18.7. The van der Waals surface area contributed by atoms with Crippen molar-refractivity contribution in [2.45, 2.75) is 20.4 Å². The number of fused-ring (bicyclic) bond motifs is 1. The molecule has 1 amide bonds. The lowest BCUT2D eigenvalue weighted by Crippen LogP contribution is -2.27. The first-order valence-corrected chi connectivity index (χ1v) is 9.24. The first-order valence-electron chi connectivity index (χ1n) is 9.24. The summed E-state index contributed by atoms with van der Waals surface area (Å²) in [6.45, 7) is 4.81. The van der Waals surface area contributed by atoms with Gasteiger partial charge in [0.25, 0.3) is 11.6 Å². The number of nitrogens with zero attached hydrogens (tertiary/aromatic N) is 4. The summed E-state index contributed by atoms with van der Waals surface area (Å²) in [6, 6.07) is 9.23. The smallest absolute Gasteiger partial charge is 0.259 e. The Hall–Kier alpha value is -3.68. The van der Waals surface area contributed by atoms with Crippen LogP contribution in [-0.2, 0) is 6.54 Å². The van der Waals surface area contributed by atoms with E-state index in [2.05, 4.69) is 20.6 Å². The van der Waals surface area contributed by atoms with E-state index < -0.39 is 0 Å². The third-order valence-electron chi connectivity index (χ3n) is 4.64. The summed E-state index contributed by atoms with van der Waals surface area (Å²) in [5, 5.41) is 11.8. The summed E-state index contributed by atoms with van der Waals surface area (Å²) in [7, 11) is 1.61. The Kier molecular flexibility index (Phi) is 4.99. The molecule has 4 aromatic rings. The lowest BCUT2D eigenvalue weighted by atomic mass is 10.0. The number of ether oxygens (including phenoxy) is 1. The zero-order valence-corrected chi connectivity index (χ0v) is 16.5. The highest BCUT2D eigenvalue weighted by atomic mass is 16.5. The molecule has 1 N–H and O–H groups in total. The molecule has 0 spiro atoms. The molecule has 0 bridgehead atoms. The van der Waals surface area contributed by atoms with Gasteiger partial charge in [0.15, 0.2) is 0 Å². The first-order chi connectivity index (χ1) is 14.0. The molecule has 8 nitrogen and oxygen atoms in total. The second kappa shape index (κ2) is 7.75. The average Bonchev–Trinajstić information content (AvgIpc) is 3.32. The molecule has 1 aromatic carbocycles. The maximum absolute atomic E-state index is 12.9. The van der Waals surface area contributed by atoms with E-state index in [0.717, 1.165) is 16.9 Å². The number of amides is 1. The van der Waals surface area contributed by atoms with Crippen LogP contribution in [0.2, 0.25) is 0 Å². The number of hydrogen-bond acceptors (Lipinski definition) is 6. The Morgan fingerprint density at radius 1 is 1.24 bits per heavy atom. The molecular formula is C21H21N5O3. The summed E-state index contributed by atoms with van der Waals surface area (Å²) in [6.07, 6.45) is 3.72. The van der Waals surface area contributed by atoms with Crippen molar-refractivity contribution in [2.75, 3.05) is 13.7 Å². The van der Waals surface area contributed by atoms with Gasteiger partial charge in [-0.15, -0.1) is 0 Å². The van der Waals surface area contributed by atoms with Crippen LogP contribution in [0.25, 0.3) is 22.4 Å². The number of rotatable bonds is 6. The van der Waals surface area contributed by atoms with E-state index in [1.807, 2.05) is 37.4 Å². The third-order valence-corrected chi connectivity index (χ3v) is 4.64. The second-order valence-corrected chi connectivity index (χ2v) is 6.77. The lowest BCUT2D eigenvalue weighted by molar-refractivity contribution is 0.0953. The summed E-state index contributed by atoms with van der Waals surface area (Å²) < 4.78 is 12.3. The van der Waals surface area contributed by atoms with E-state index in [1.54, 1.807) is 31.0 Å². The predicted molar refractivity (Wildman–Crippen MR) is 108 cm³/mol. The second-order valence-electron chi connectivity index (χ2n) is 6.77. The van der Waals surface area contributed by atoms with E-state index >= 15 is 0 Å². The number of aryl methyl sites for hydroxylation is 2. The number of carbonyl (C=O) groups excluding carboxylic acids is 1. The monoisotopic (exact) mass is 391 g/mol. The topological polar surface area (TPSA) is 95.1 Å². The van der Waals surface area contributed by atoms with Gasteiger partial charge in [-0.25, -0.2) is 4.98 Å². The molecule has 0 atom stereocenters. The highest BCUT2D eigenvalue weighted by Gasteiger charge is 2.19. The molecular weight excluding hydrogens is 370 g/mol. The Morgan fingerprint density at radius 2 is 2.03 bits per heavy atom. The van der Waals surface area contributed by atoms with Crippen molar-refractivity contribution in [1.29, 1.82) is 0 Å². The molecule has 0 fully saturated rings. The molecule has 0 saturated carbocycles. The van der Waals surface area contributed by atoms with Crippen molar-refractivity contribution in [1.82, 2.24) is 25.2 Å². The molecule has 148 valence electrons. The molecule has 29 heavy (non-hydrogen) atoms. The normalized spacial score (nSPS) is 11.0. The van der Waals surface area contributed by atoms with E-state index in [4.69, 9.17) is 9.26 Å². The average molecular weight is 391 g/mol. The molecule has 3 heterocycles.